The SMILES string of the molecule is Cc1ccccc1C1CC(NC2CCCC(O)C2)C1. The standard InChI is InChI=1S/C17H25NO/c1-12-5-2-3-8-17(12)13-9-15(10-13)18-14-6-4-7-16(19)11-14/h2-3,5,8,13-16,18-19H,4,6-7,9-11H2,1H3. The van der Waals surface area contributed by atoms with Gasteiger partial charge in [-0.2, -0.15) is 0 Å². The van der Waals surface area contributed by atoms with Crippen LogP contribution in [0.5, 0.6) is 0 Å². The molecule has 0 amide bonds. The van der Waals surface area contributed by atoms with Gasteiger partial charge in [-0.25, -0.2) is 0 Å². The van der Waals surface area contributed by atoms with Gasteiger partial charge in [0.1, 0.15) is 0 Å². The van der Waals surface area contributed by atoms with Gasteiger partial charge in [0.25, 0.3) is 0 Å². The Morgan fingerprint density at radius 2 is 1.84 bits per heavy atom. The van der Waals surface area contributed by atoms with Gasteiger partial charge in [-0.3, -0.25) is 0 Å². The monoisotopic (exact) mass is 259 g/mol. The zero-order valence-corrected chi connectivity index (χ0v) is 11.8. The van der Waals surface area contributed by atoms with Gasteiger partial charge in [0.2, 0.25) is 0 Å². The Labute approximate surface area is 116 Å². The summed E-state index contributed by atoms with van der Waals surface area (Å²) in [6.45, 7) is 2.22. The van der Waals surface area contributed by atoms with E-state index in [2.05, 4.69) is 36.5 Å². The maximum atomic E-state index is 9.71. The van der Waals surface area contributed by atoms with E-state index >= 15 is 0 Å². The Morgan fingerprint density at radius 1 is 1.05 bits per heavy atom. The highest BCUT2D eigenvalue weighted by Crippen LogP contribution is 2.39. The second kappa shape index (κ2) is 5.64. The lowest BCUT2D eigenvalue weighted by atomic mass is 9.74. The van der Waals surface area contributed by atoms with Crippen molar-refractivity contribution >= 4 is 0 Å². The topological polar surface area (TPSA) is 32.3 Å². The molecule has 2 aliphatic rings. The molecule has 2 heteroatoms. The van der Waals surface area contributed by atoms with Crippen LogP contribution in [-0.2, 0) is 0 Å². The predicted molar refractivity (Wildman–Crippen MR) is 78.3 cm³/mol. The molecule has 0 aromatic heterocycles. The van der Waals surface area contributed by atoms with Crippen molar-refractivity contribution in [1.82, 2.24) is 5.32 Å². The van der Waals surface area contributed by atoms with E-state index < -0.39 is 0 Å². The summed E-state index contributed by atoms with van der Waals surface area (Å²) < 4.78 is 0. The molecule has 2 N–H and O–H groups in total. The molecule has 0 heterocycles. The minimum atomic E-state index is -0.0708. The first-order chi connectivity index (χ1) is 9.22. The average molecular weight is 259 g/mol. The first-order valence-electron chi connectivity index (χ1n) is 7.72. The summed E-state index contributed by atoms with van der Waals surface area (Å²) >= 11 is 0. The van der Waals surface area contributed by atoms with Crippen LogP contribution in [0.1, 0.15) is 55.6 Å². The summed E-state index contributed by atoms with van der Waals surface area (Å²) in [5, 5.41) is 13.5. The van der Waals surface area contributed by atoms with Crippen molar-refractivity contribution in [3.05, 3.63) is 35.4 Å². The van der Waals surface area contributed by atoms with Crippen molar-refractivity contribution < 1.29 is 5.11 Å². The van der Waals surface area contributed by atoms with Crippen LogP contribution < -0.4 is 5.32 Å². The molecule has 0 saturated heterocycles. The third kappa shape index (κ3) is 3.01. The summed E-state index contributed by atoms with van der Waals surface area (Å²) in [4.78, 5) is 0. The lowest BCUT2D eigenvalue weighted by Gasteiger charge is -2.40. The molecule has 0 radical (unpaired) electrons. The summed E-state index contributed by atoms with van der Waals surface area (Å²) in [5.74, 6) is 0.743. The van der Waals surface area contributed by atoms with E-state index in [0.717, 1.165) is 18.8 Å². The minimum absolute atomic E-state index is 0.0708. The maximum absolute atomic E-state index is 9.71. The van der Waals surface area contributed by atoms with E-state index in [1.165, 1.54) is 36.8 Å². The van der Waals surface area contributed by atoms with E-state index in [4.69, 9.17) is 0 Å². The largest absolute Gasteiger partial charge is 0.393 e. The fourth-order valence-electron chi connectivity index (χ4n) is 3.70. The number of hydrogen-bond acceptors (Lipinski definition) is 2. The molecule has 1 aromatic carbocycles. The number of aliphatic hydroxyl groups is 1. The number of aryl methyl sites for hydroxylation is 1. The lowest BCUT2D eigenvalue weighted by Crippen LogP contribution is -2.47. The van der Waals surface area contributed by atoms with Gasteiger partial charge in [0, 0.05) is 12.1 Å². The van der Waals surface area contributed by atoms with E-state index in [1.54, 1.807) is 0 Å². The molecule has 0 bridgehead atoms. The number of aliphatic hydroxyl groups excluding tert-OH is 1. The van der Waals surface area contributed by atoms with Crippen molar-refractivity contribution in [3.8, 4) is 0 Å². The molecule has 2 fully saturated rings. The quantitative estimate of drug-likeness (QED) is 0.874. The van der Waals surface area contributed by atoms with Crippen molar-refractivity contribution in [1.29, 1.82) is 0 Å². The first-order valence-corrected chi connectivity index (χ1v) is 7.72. The van der Waals surface area contributed by atoms with Gasteiger partial charge in [-0.1, -0.05) is 24.3 Å². The van der Waals surface area contributed by atoms with Crippen LogP contribution in [-0.4, -0.2) is 23.3 Å². The van der Waals surface area contributed by atoms with Gasteiger partial charge >= 0.3 is 0 Å². The predicted octanol–water partition coefficient (Wildman–Crippen LogP) is 3.13. The van der Waals surface area contributed by atoms with Crippen LogP contribution in [0.3, 0.4) is 0 Å². The fraction of sp³-hybridized carbons (Fsp3) is 0.647. The molecule has 0 spiro atoms. The van der Waals surface area contributed by atoms with E-state index in [0.29, 0.717) is 12.1 Å². The Hall–Kier alpha value is -0.860. The number of rotatable bonds is 3. The highest BCUT2D eigenvalue weighted by atomic mass is 16.3. The maximum Gasteiger partial charge on any atom is 0.0555 e. The molecule has 1 aromatic rings. The molecule has 19 heavy (non-hydrogen) atoms. The Balaban J connectivity index is 1.49. The van der Waals surface area contributed by atoms with Gasteiger partial charge in [-0.15, -0.1) is 0 Å². The molecule has 104 valence electrons. The Kier molecular flexibility index (Phi) is 3.90. The second-order valence-corrected chi connectivity index (χ2v) is 6.41. The molecule has 2 aliphatic carbocycles. The zero-order valence-electron chi connectivity index (χ0n) is 11.8. The Bertz CT molecular complexity index is 425. The molecular formula is C17H25NO. The van der Waals surface area contributed by atoms with Crippen molar-refractivity contribution in [2.45, 2.75) is 69.6 Å². The normalized spacial score (nSPS) is 34.8. The molecule has 2 unspecified atom stereocenters. The van der Waals surface area contributed by atoms with E-state index in [1.807, 2.05) is 0 Å². The zero-order chi connectivity index (χ0) is 13.2. The van der Waals surface area contributed by atoms with Crippen LogP contribution in [0.4, 0.5) is 0 Å². The molecular weight excluding hydrogens is 234 g/mol. The van der Waals surface area contributed by atoms with Crippen LogP contribution in [0.25, 0.3) is 0 Å². The first kappa shape index (κ1) is 13.1. The van der Waals surface area contributed by atoms with Crippen molar-refractivity contribution in [3.63, 3.8) is 0 Å². The third-order valence-electron chi connectivity index (χ3n) is 4.88. The second-order valence-electron chi connectivity index (χ2n) is 6.41. The smallest absolute Gasteiger partial charge is 0.0555 e. The summed E-state index contributed by atoms with van der Waals surface area (Å²) in [7, 11) is 0. The van der Waals surface area contributed by atoms with Crippen LogP contribution >= 0.6 is 0 Å². The summed E-state index contributed by atoms with van der Waals surface area (Å²) in [6.07, 6.45) is 6.81. The summed E-state index contributed by atoms with van der Waals surface area (Å²) in [6, 6.07) is 9.98. The van der Waals surface area contributed by atoms with E-state index in [-0.39, 0.29) is 6.10 Å². The van der Waals surface area contributed by atoms with Crippen molar-refractivity contribution in [2.75, 3.05) is 0 Å². The highest BCUT2D eigenvalue weighted by Gasteiger charge is 2.33. The van der Waals surface area contributed by atoms with Gasteiger partial charge in [0.15, 0.2) is 0 Å². The highest BCUT2D eigenvalue weighted by molar-refractivity contribution is 5.31. The average Bonchev–Trinajstić information content (AvgIpc) is 2.35. The van der Waals surface area contributed by atoms with Gasteiger partial charge < -0.3 is 10.4 Å². The number of nitrogens with one attached hydrogen (secondary N) is 1. The molecule has 3 rings (SSSR count). The van der Waals surface area contributed by atoms with Crippen molar-refractivity contribution in [2.24, 2.45) is 0 Å². The Morgan fingerprint density at radius 3 is 2.58 bits per heavy atom. The molecule has 0 aliphatic heterocycles. The van der Waals surface area contributed by atoms with Gasteiger partial charge in [0.05, 0.1) is 6.10 Å². The molecule has 2 atom stereocenters. The number of benzene rings is 1. The third-order valence-corrected chi connectivity index (χ3v) is 4.88. The minimum Gasteiger partial charge on any atom is -0.393 e. The lowest BCUT2D eigenvalue weighted by molar-refractivity contribution is 0.102. The fourth-order valence-corrected chi connectivity index (χ4v) is 3.70. The number of hydrogen-bond donors (Lipinski definition) is 2. The van der Waals surface area contributed by atoms with Gasteiger partial charge in [-0.05, 0) is 62.5 Å². The molecule has 2 saturated carbocycles. The van der Waals surface area contributed by atoms with E-state index in [9.17, 15) is 5.11 Å². The van der Waals surface area contributed by atoms with Crippen LogP contribution in [0.2, 0.25) is 0 Å². The van der Waals surface area contributed by atoms with Crippen LogP contribution in [0.15, 0.2) is 24.3 Å². The summed E-state index contributed by atoms with van der Waals surface area (Å²) in [5.41, 5.74) is 2.96. The van der Waals surface area contributed by atoms with Crippen LogP contribution in [0, 0.1) is 6.92 Å². The molecule has 2 nitrogen and oxygen atoms in total.